The molecule has 1 aliphatic heterocycles. The molecule has 0 atom stereocenters. The molecule has 19 heavy (non-hydrogen) atoms. The fourth-order valence-corrected chi connectivity index (χ4v) is 2.55. The lowest BCUT2D eigenvalue weighted by molar-refractivity contribution is 0.138. The number of hydrazine groups is 1. The molecule has 2 rings (SSSR count). The molecule has 1 aromatic rings. The van der Waals surface area contributed by atoms with E-state index in [-0.39, 0.29) is 5.54 Å². The van der Waals surface area contributed by atoms with Crippen LogP contribution in [0, 0.1) is 0 Å². The third-order valence-electron chi connectivity index (χ3n) is 4.03. The lowest BCUT2D eigenvalue weighted by Crippen LogP contribution is -2.58. The maximum Gasteiger partial charge on any atom is 0.148 e. The zero-order valence-corrected chi connectivity index (χ0v) is 12.3. The van der Waals surface area contributed by atoms with E-state index in [2.05, 4.69) is 53.0 Å². The number of hydrogen-bond acceptors (Lipinski definition) is 6. The Hall–Kier alpha value is -1.40. The van der Waals surface area contributed by atoms with Gasteiger partial charge in [-0.1, -0.05) is 6.92 Å². The number of nitrogens with one attached hydrogen (secondary N) is 1. The van der Waals surface area contributed by atoms with Gasteiger partial charge in [-0.05, 0) is 27.3 Å². The highest BCUT2D eigenvalue weighted by Crippen LogP contribution is 2.28. The molecule has 0 unspecified atom stereocenters. The van der Waals surface area contributed by atoms with Gasteiger partial charge in [0.15, 0.2) is 0 Å². The van der Waals surface area contributed by atoms with Crippen molar-refractivity contribution in [3.63, 3.8) is 0 Å². The van der Waals surface area contributed by atoms with Crippen LogP contribution in [-0.2, 0) is 6.42 Å². The molecule has 0 aliphatic carbocycles. The van der Waals surface area contributed by atoms with Gasteiger partial charge in [-0.25, -0.2) is 15.8 Å². The normalized spacial score (nSPS) is 19.5. The van der Waals surface area contributed by atoms with Crippen LogP contribution in [0.3, 0.4) is 0 Å². The summed E-state index contributed by atoms with van der Waals surface area (Å²) in [7, 11) is 2.17. The van der Waals surface area contributed by atoms with E-state index in [0.717, 1.165) is 43.3 Å². The first-order valence-electron chi connectivity index (χ1n) is 6.76. The number of piperazine rings is 1. The number of nitrogens with two attached hydrogens (primary N) is 1. The maximum absolute atomic E-state index is 5.53. The topological polar surface area (TPSA) is 70.3 Å². The lowest BCUT2D eigenvalue weighted by atomic mass is 9.99. The van der Waals surface area contributed by atoms with Crippen molar-refractivity contribution in [1.82, 2.24) is 14.9 Å². The van der Waals surface area contributed by atoms with Crippen LogP contribution in [0.15, 0.2) is 6.33 Å². The monoisotopic (exact) mass is 264 g/mol. The van der Waals surface area contributed by atoms with E-state index < -0.39 is 0 Å². The Morgan fingerprint density at radius 3 is 2.68 bits per heavy atom. The second-order valence-corrected chi connectivity index (χ2v) is 5.68. The summed E-state index contributed by atoms with van der Waals surface area (Å²) in [6, 6.07) is 0. The molecule has 1 aliphatic rings. The lowest BCUT2D eigenvalue weighted by Gasteiger charge is -2.46. The summed E-state index contributed by atoms with van der Waals surface area (Å²) in [4.78, 5) is 13.4. The van der Waals surface area contributed by atoms with Gasteiger partial charge in [0.1, 0.15) is 18.0 Å². The number of aromatic nitrogens is 2. The molecule has 0 bridgehead atoms. The smallest absolute Gasteiger partial charge is 0.148 e. The summed E-state index contributed by atoms with van der Waals surface area (Å²) in [6.45, 7) is 9.59. The Bertz CT molecular complexity index is 445. The first-order chi connectivity index (χ1) is 8.99. The molecule has 0 aromatic carbocycles. The summed E-state index contributed by atoms with van der Waals surface area (Å²) >= 11 is 0. The molecule has 1 saturated heterocycles. The van der Waals surface area contributed by atoms with Gasteiger partial charge in [-0.3, -0.25) is 4.90 Å². The number of rotatable bonds is 3. The van der Waals surface area contributed by atoms with E-state index in [1.54, 1.807) is 6.33 Å². The maximum atomic E-state index is 5.53. The first-order valence-corrected chi connectivity index (χ1v) is 6.76. The highest BCUT2D eigenvalue weighted by Gasteiger charge is 2.32. The van der Waals surface area contributed by atoms with E-state index in [9.17, 15) is 0 Å². The average molecular weight is 264 g/mol. The summed E-state index contributed by atoms with van der Waals surface area (Å²) in [6.07, 6.45) is 2.44. The molecule has 1 aromatic heterocycles. The van der Waals surface area contributed by atoms with Gasteiger partial charge in [0, 0.05) is 30.7 Å². The molecular formula is C13H24N6. The van der Waals surface area contributed by atoms with Crippen LogP contribution in [0.2, 0.25) is 0 Å². The summed E-state index contributed by atoms with van der Waals surface area (Å²) in [5.41, 5.74) is 3.90. The Balaban J connectivity index is 2.32. The van der Waals surface area contributed by atoms with Gasteiger partial charge in [-0.15, -0.1) is 0 Å². The minimum atomic E-state index is 0.143. The first kappa shape index (κ1) is 14.0. The fourth-order valence-electron chi connectivity index (χ4n) is 2.55. The second kappa shape index (κ2) is 5.30. The van der Waals surface area contributed by atoms with Crippen molar-refractivity contribution in [1.29, 1.82) is 0 Å². The Morgan fingerprint density at radius 1 is 1.37 bits per heavy atom. The zero-order valence-electron chi connectivity index (χ0n) is 12.3. The standard InChI is InChI=1S/C13H24N6/c1-5-10-11(17-14)15-9-16-12(10)19-7-6-18(4)13(2,3)8-19/h9H,5-8,14H2,1-4H3,(H,15,16,17). The predicted molar refractivity (Wildman–Crippen MR) is 78.1 cm³/mol. The van der Waals surface area contributed by atoms with Crippen molar-refractivity contribution in [3.05, 3.63) is 11.9 Å². The molecule has 0 spiro atoms. The van der Waals surface area contributed by atoms with E-state index >= 15 is 0 Å². The number of anilines is 2. The molecule has 0 radical (unpaired) electrons. The van der Waals surface area contributed by atoms with Crippen molar-refractivity contribution in [2.75, 3.05) is 37.0 Å². The third kappa shape index (κ3) is 2.64. The van der Waals surface area contributed by atoms with Gasteiger partial charge in [0.05, 0.1) is 0 Å². The van der Waals surface area contributed by atoms with E-state index in [1.165, 1.54) is 0 Å². The van der Waals surface area contributed by atoms with Crippen molar-refractivity contribution < 1.29 is 0 Å². The zero-order chi connectivity index (χ0) is 14.0. The van der Waals surface area contributed by atoms with Gasteiger partial charge in [-0.2, -0.15) is 0 Å². The van der Waals surface area contributed by atoms with Crippen molar-refractivity contribution in [2.45, 2.75) is 32.7 Å². The molecule has 2 heterocycles. The summed E-state index contributed by atoms with van der Waals surface area (Å²) < 4.78 is 0. The Kier molecular flexibility index (Phi) is 3.91. The summed E-state index contributed by atoms with van der Waals surface area (Å²) in [5, 5.41) is 0. The van der Waals surface area contributed by atoms with Gasteiger partial charge in [0.25, 0.3) is 0 Å². The fraction of sp³-hybridized carbons (Fsp3) is 0.692. The van der Waals surface area contributed by atoms with Crippen LogP contribution in [-0.4, -0.2) is 47.1 Å². The van der Waals surface area contributed by atoms with Gasteiger partial charge < -0.3 is 10.3 Å². The van der Waals surface area contributed by atoms with E-state index in [4.69, 9.17) is 5.84 Å². The van der Waals surface area contributed by atoms with Gasteiger partial charge in [0.2, 0.25) is 0 Å². The number of hydrogen-bond donors (Lipinski definition) is 2. The SMILES string of the molecule is CCc1c(NN)ncnc1N1CCN(C)C(C)(C)C1. The van der Waals surface area contributed by atoms with Crippen molar-refractivity contribution in [2.24, 2.45) is 5.84 Å². The number of likely N-dealkylation sites (N-methyl/N-ethyl adjacent to an activating group) is 1. The van der Waals surface area contributed by atoms with Crippen LogP contribution >= 0.6 is 0 Å². The molecule has 106 valence electrons. The minimum Gasteiger partial charge on any atom is -0.353 e. The van der Waals surface area contributed by atoms with Crippen molar-refractivity contribution >= 4 is 11.6 Å². The van der Waals surface area contributed by atoms with E-state index in [0.29, 0.717) is 0 Å². The second-order valence-electron chi connectivity index (χ2n) is 5.68. The minimum absolute atomic E-state index is 0.143. The van der Waals surface area contributed by atoms with Crippen LogP contribution in [0.5, 0.6) is 0 Å². The highest BCUT2D eigenvalue weighted by molar-refractivity contribution is 5.58. The molecule has 6 heteroatoms. The molecule has 0 saturated carbocycles. The number of nitrogen functional groups attached to an aromatic ring is 1. The Morgan fingerprint density at radius 2 is 2.11 bits per heavy atom. The quantitative estimate of drug-likeness (QED) is 0.623. The highest BCUT2D eigenvalue weighted by atomic mass is 15.3. The van der Waals surface area contributed by atoms with Crippen LogP contribution in [0.4, 0.5) is 11.6 Å². The number of nitrogens with zero attached hydrogens (tertiary/aromatic N) is 4. The largest absolute Gasteiger partial charge is 0.353 e. The summed E-state index contributed by atoms with van der Waals surface area (Å²) in [5.74, 6) is 7.27. The Labute approximate surface area is 115 Å². The van der Waals surface area contributed by atoms with Crippen LogP contribution in [0.1, 0.15) is 26.3 Å². The van der Waals surface area contributed by atoms with E-state index in [1.807, 2.05) is 0 Å². The molecule has 1 fully saturated rings. The predicted octanol–water partition coefficient (Wildman–Crippen LogP) is 0.855. The molecule has 6 nitrogen and oxygen atoms in total. The van der Waals surface area contributed by atoms with Crippen LogP contribution < -0.4 is 16.2 Å². The van der Waals surface area contributed by atoms with Crippen LogP contribution in [0.25, 0.3) is 0 Å². The van der Waals surface area contributed by atoms with Crippen molar-refractivity contribution in [3.8, 4) is 0 Å². The molecule has 0 amide bonds. The molecule has 3 N–H and O–H groups in total. The molecular weight excluding hydrogens is 240 g/mol. The van der Waals surface area contributed by atoms with Gasteiger partial charge >= 0.3 is 0 Å². The third-order valence-corrected chi connectivity index (χ3v) is 4.03. The average Bonchev–Trinajstić information content (AvgIpc) is 2.40.